The molecule has 0 bridgehead atoms. The van der Waals surface area contributed by atoms with Crippen molar-refractivity contribution >= 4 is 29.3 Å². The monoisotopic (exact) mass is 513 g/mol. The number of likely N-dealkylation sites (tertiary alicyclic amines) is 1. The van der Waals surface area contributed by atoms with Crippen molar-refractivity contribution in [3.63, 3.8) is 0 Å². The Morgan fingerprint density at radius 1 is 1.14 bits per heavy atom. The summed E-state index contributed by atoms with van der Waals surface area (Å²) in [7, 11) is 0. The van der Waals surface area contributed by atoms with Crippen molar-refractivity contribution in [2.45, 2.75) is 57.8 Å². The fourth-order valence-electron chi connectivity index (χ4n) is 5.83. The van der Waals surface area contributed by atoms with Crippen LogP contribution in [0.15, 0.2) is 36.4 Å². The Balaban J connectivity index is 1.38. The van der Waals surface area contributed by atoms with Gasteiger partial charge in [-0.2, -0.15) is 0 Å². The third kappa shape index (κ3) is 4.11. The van der Waals surface area contributed by atoms with Gasteiger partial charge in [0.1, 0.15) is 11.9 Å². The molecule has 2 N–H and O–H groups in total. The number of fused-ring (bicyclic) bond motifs is 1. The van der Waals surface area contributed by atoms with E-state index in [9.17, 15) is 19.5 Å². The minimum atomic E-state index is -1.44. The first-order valence-corrected chi connectivity index (χ1v) is 12.5. The molecule has 3 amide bonds. The van der Waals surface area contributed by atoms with Crippen LogP contribution in [-0.2, 0) is 28.3 Å². The standard InChI is InChI=1S/C27H29ClFN3O4/c1-26(2)15-31(13-16-3-5-17(28)6-4-16)12-11-27(26,36)20-8-7-18-19(23(20)29)14-32(25(18)35)21-9-10-22(33)30-24(21)34/h3-8,21,36H,9-15H2,1-2H3,(H,30,33,34)/t21-,27+/m0/s1. The summed E-state index contributed by atoms with van der Waals surface area (Å²) in [6.45, 7) is 5.59. The van der Waals surface area contributed by atoms with Crippen LogP contribution in [0, 0.1) is 11.2 Å². The Bertz CT molecular complexity index is 1250. The molecule has 2 atom stereocenters. The maximum Gasteiger partial charge on any atom is 0.255 e. The molecule has 3 aliphatic heterocycles. The Morgan fingerprint density at radius 2 is 1.86 bits per heavy atom. The molecule has 0 radical (unpaired) electrons. The molecule has 0 aromatic heterocycles. The molecular weight excluding hydrogens is 485 g/mol. The van der Waals surface area contributed by atoms with Crippen LogP contribution in [0.25, 0.3) is 0 Å². The van der Waals surface area contributed by atoms with Crippen LogP contribution in [-0.4, -0.2) is 51.8 Å². The molecule has 7 nitrogen and oxygen atoms in total. The van der Waals surface area contributed by atoms with Gasteiger partial charge in [-0.15, -0.1) is 0 Å². The first kappa shape index (κ1) is 24.9. The second-order valence-corrected chi connectivity index (χ2v) is 11.1. The molecule has 2 saturated heterocycles. The highest BCUT2D eigenvalue weighted by Gasteiger charge is 2.51. The number of carbonyl (C=O) groups excluding carboxylic acids is 3. The maximum atomic E-state index is 16.0. The number of imide groups is 1. The molecular formula is C27H29ClFN3O4. The van der Waals surface area contributed by atoms with Crippen molar-refractivity contribution in [3.8, 4) is 0 Å². The number of amides is 3. The second kappa shape index (κ2) is 8.94. The molecule has 3 aliphatic rings. The largest absolute Gasteiger partial charge is 0.384 e. The van der Waals surface area contributed by atoms with Crippen molar-refractivity contribution in [1.29, 1.82) is 0 Å². The predicted octanol–water partition coefficient (Wildman–Crippen LogP) is 3.36. The van der Waals surface area contributed by atoms with Gasteiger partial charge in [0, 0.05) is 53.2 Å². The number of aliphatic hydroxyl groups is 1. The van der Waals surface area contributed by atoms with E-state index in [2.05, 4.69) is 10.2 Å². The van der Waals surface area contributed by atoms with Crippen LogP contribution >= 0.6 is 11.6 Å². The molecule has 2 aromatic rings. The molecule has 9 heteroatoms. The number of nitrogens with one attached hydrogen (secondary N) is 1. The average Bonchev–Trinajstić information content (AvgIpc) is 3.15. The lowest BCUT2D eigenvalue weighted by molar-refractivity contribution is -0.137. The van der Waals surface area contributed by atoms with E-state index in [0.29, 0.717) is 31.1 Å². The van der Waals surface area contributed by atoms with Gasteiger partial charge >= 0.3 is 0 Å². The Kier molecular flexibility index (Phi) is 6.17. The molecule has 36 heavy (non-hydrogen) atoms. The lowest BCUT2D eigenvalue weighted by Crippen LogP contribution is -2.55. The Labute approximate surface area is 214 Å². The van der Waals surface area contributed by atoms with Gasteiger partial charge in [0.2, 0.25) is 11.8 Å². The van der Waals surface area contributed by atoms with Crippen LogP contribution in [0.5, 0.6) is 0 Å². The molecule has 0 unspecified atom stereocenters. The molecule has 0 spiro atoms. The molecule has 0 aliphatic carbocycles. The number of hydrogen-bond acceptors (Lipinski definition) is 5. The highest BCUT2D eigenvalue weighted by Crippen LogP contribution is 2.48. The van der Waals surface area contributed by atoms with E-state index in [-0.39, 0.29) is 42.0 Å². The summed E-state index contributed by atoms with van der Waals surface area (Å²) in [4.78, 5) is 40.4. The first-order valence-electron chi connectivity index (χ1n) is 12.2. The lowest BCUT2D eigenvalue weighted by atomic mass is 9.66. The minimum Gasteiger partial charge on any atom is -0.384 e. The number of benzene rings is 2. The first-order chi connectivity index (χ1) is 17.0. The normalized spacial score (nSPS) is 26.2. The maximum absolute atomic E-state index is 16.0. The van der Waals surface area contributed by atoms with Gasteiger partial charge in [0.05, 0.1) is 12.1 Å². The van der Waals surface area contributed by atoms with Crippen molar-refractivity contribution in [2.24, 2.45) is 5.41 Å². The zero-order valence-electron chi connectivity index (χ0n) is 20.3. The van der Waals surface area contributed by atoms with Crippen LogP contribution in [0.2, 0.25) is 5.02 Å². The van der Waals surface area contributed by atoms with Gasteiger partial charge in [-0.05, 0) is 36.6 Å². The summed E-state index contributed by atoms with van der Waals surface area (Å²) in [6, 6.07) is 9.89. The summed E-state index contributed by atoms with van der Waals surface area (Å²) in [5.74, 6) is -1.95. The van der Waals surface area contributed by atoms with E-state index in [4.69, 9.17) is 11.6 Å². The van der Waals surface area contributed by atoms with Gasteiger partial charge in [-0.1, -0.05) is 43.6 Å². The second-order valence-electron chi connectivity index (χ2n) is 10.7. The number of halogens is 2. The fraction of sp³-hybridized carbons (Fsp3) is 0.444. The summed E-state index contributed by atoms with van der Waals surface area (Å²) in [5, 5.41) is 14.8. The smallest absolute Gasteiger partial charge is 0.255 e. The minimum absolute atomic E-state index is 0.0701. The highest BCUT2D eigenvalue weighted by atomic mass is 35.5. The SMILES string of the molecule is CC1(C)CN(Cc2ccc(Cl)cc2)CC[C@@]1(O)c1ccc2c(c1F)CN([C@H]1CCC(=O)NC1=O)C2=O. The summed E-state index contributed by atoms with van der Waals surface area (Å²) < 4.78 is 16.0. The van der Waals surface area contributed by atoms with Crippen molar-refractivity contribution in [2.75, 3.05) is 13.1 Å². The van der Waals surface area contributed by atoms with Crippen LogP contribution in [0.4, 0.5) is 4.39 Å². The van der Waals surface area contributed by atoms with Crippen molar-refractivity contribution < 1.29 is 23.9 Å². The lowest BCUT2D eigenvalue weighted by Gasteiger charge is -2.50. The summed E-state index contributed by atoms with van der Waals surface area (Å²) in [6.07, 6.45) is 0.665. The summed E-state index contributed by atoms with van der Waals surface area (Å²) >= 11 is 6.00. The number of hydrogen-bond donors (Lipinski definition) is 2. The third-order valence-electron chi connectivity index (χ3n) is 7.94. The average molecular weight is 514 g/mol. The molecule has 2 fully saturated rings. The van der Waals surface area contributed by atoms with E-state index in [1.165, 1.54) is 11.0 Å². The number of carbonyl (C=O) groups is 3. The quantitative estimate of drug-likeness (QED) is 0.612. The molecule has 3 heterocycles. The Morgan fingerprint density at radius 3 is 2.53 bits per heavy atom. The van der Waals surface area contributed by atoms with E-state index >= 15 is 4.39 Å². The molecule has 5 rings (SSSR count). The van der Waals surface area contributed by atoms with E-state index in [1.54, 1.807) is 6.07 Å². The zero-order chi connectivity index (χ0) is 25.8. The van der Waals surface area contributed by atoms with Crippen LogP contribution in [0.3, 0.4) is 0 Å². The molecule has 0 saturated carbocycles. The van der Waals surface area contributed by atoms with Crippen LogP contribution in [0.1, 0.15) is 60.2 Å². The van der Waals surface area contributed by atoms with Gasteiger partial charge in [0.25, 0.3) is 5.91 Å². The van der Waals surface area contributed by atoms with Crippen molar-refractivity contribution in [3.05, 3.63) is 69.5 Å². The summed E-state index contributed by atoms with van der Waals surface area (Å²) in [5.41, 5.74) is -0.448. The van der Waals surface area contributed by atoms with Crippen molar-refractivity contribution in [1.82, 2.24) is 15.1 Å². The topological polar surface area (TPSA) is 89.9 Å². The van der Waals surface area contributed by atoms with E-state index in [0.717, 1.165) is 5.56 Å². The van der Waals surface area contributed by atoms with Crippen LogP contribution < -0.4 is 5.32 Å². The molecule has 2 aromatic carbocycles. The number of nitrogens with zero attached hydrogens (tertiary/aromatic N) is 2. The fourth-order valence-corrected chi connectivity index (χ4v) is 5.96. The van der Waals surface area contributed by atoms with Gasteiger partial charge in [0.15, 0.2) is 0 Å². The third-order valence-corrected chi connectivity index (χ3v) is 8.19. The van der Waals surface area contributed by atoms with E-state index < -0.39 is 34.7 Å². The highest BCUT2D eigenvalue weighted by molar-refractivity contribution is 6.30. The van der Waals surface area contributed by atoms with Gasteiger partial charge in [-0.3, -0.25) is 24.6 Å². The number of piperidine rings is 2. The Hall–Kier alpha value is -2.81. The van der Waals surface area contributed by atoms with Gasteiger partial charge in [-0.25, -0.2) is 4.39 Å². The number of rotatable bonds is 4. The van der Waals surface area contributed by atoms with Gasteiger partial charge < -0.3 is 10.0 Å². The van der Waals surface area contributed by atoms with E-state index in [1.807, 2.05) is 38.1 Å². The predicted molar refractivity (Wildman–Crippen MR) is 131 cm³/mol. The zero-order valence-corrected chi connectivity index (χ0v) is 21.1. The molecule has 190 valence electrons.